The molecule has 3 amide bonds. The molecule has 0 radical (unpaired) electrons. The first-order valence-electron chi connectivity index (χ1n) is 23.3. The van der Waals surface area contributed by atoms with Crippen LogP contribution in [0.3, 0.4) is 0 Å². The summed E-state index contributed by atoms with van der Waals surface area (Å²) in [6.07, 6.45) is 8.06. The maximum Gasteiger partial charge on any atom is 0.280 e. The van der Waals surface area contributed by atoms with E-state index < -0.39 is 32.8 Å². The number of hydrogen-bond donors (Lipinski definition) is 4. The molecule has 3 aromatic carbocycles. The molecule has 0 aliphatic carbocycles. The molecular formula is C49H62ClN9O7S. The van der Waals surface area contributed by atoms with Crippen molar-refractivity contribution in [2.75, 3.05) is 55.2 Å². The minimum Gasteiger partial charge on any atom is -0.489 e. The minimum absolute atomic E-state index is 0.0461. The van der Waals surface area contributed by atoms with E-state index in [-0.39, 0.29) is 51.8 Å². The Bertz CT molecular complexity index is 2560. The number of ether oxygens (including phenoxy) is 1. The zero-order valence-corrected chi connectivity index (χ0v) is 40.5. The van der Waals surface area contributed by atoms with E-state index in [4.69, 9.17) is 16.3 Å². The van der Waals surface area contributed by atoms with Crippen molar-refractivity contribution in [1.29, 1.82) is 0 Å². The summed E-state index contributed by atoms with van der Waals surface area (Å²) in [6.45, 7) is 15.3. The molecule has 16 nitrogen and oxygen atoms in total. The molecule has 4 heterocycles. The monoisotopic (exact) mass is 955 g/mol. The van der Waals surface area contributed by atoms with Gasteiger partial charge in [-0.25, -0.2) is 13.4 Å². The van der Waals surface area contributed by atoms with E-state index in [1.807, 2.05) is 13.8 Å². The molecule has 0 atom stereocenters. The third kappa shape index (κ3) is 11.9. The smallest absolute Gasteiger partial charge is 0.280 e. The van der Waals surface area contributed by atoms with Gasteiger partial charge in [-0.2, -0.15) is 9.99 Å². The van der Waals surface area contributed by atoms with Crippen LogP contribution in [0.2, 0.25) is 5.02 Å². The topological polar surface area (TPSA) is 195 Å². The van der Waals surface area contributed by atoms with Gasteiger partial charge in [-0.3, -0.25) is 19.8 Å². The van der Waals surface area contributed by atoms with E-state index in [9.17, 15) is 27.6 Å². The second-order valence-corrected chi connectivity index (χ2v) is 20.9. The number of carbonyl (C=O) groups is 4. The van der Waals surface area contributed by atoms with Gasteiger partial charge in [-0.15, -0.1) is 0 Å². The summed E-state index contributed by atoms with van der Waals surface area (Å²) in [4.78, 5) is 63.0. The van der Waals surface area contributed by atoms with Crippen LogP contribution in [0.15, 0.2) is 65.7 Å². The zero-order chi connectivity index (χ0) is 47.8. The molecule has 7 rings (SSSR count). The van der Waals surface area contributed by atoms with E-state index in [1.165, 1.54) is 11.8 Å². The first-order valence-corrected chi connectivity index (χ1v) is 25.2. The molecule has 358 valence electrons. The zero-order valence-electron chi connectivity index (χ0n) is 38.9. The average molecular weight is 957 g/mol. The van der Waals surface area contributed by atoms with Crippen molar-refractivity contribution in [3.05, 3.63) is 88.1 Å². The number of nitrogens with zero attached hydrogens (tertiary/aromatic N) is 5. The second kappa shape index (κ2) is 22.0. The number of carbonyl (C=O) groups excluding carboxylic acids is 4. The largest absolute Gasteiger partial charge is 0.489 e. The molecule has 3 aliphatic heterocycles. The number of anilines is 5. The van der Waals surface area contributed by atoms with Crippen LogP contribution in [0, 0.1) is 6.92 Å². The van der Waals surface area contributed by atoms with E-state index in [0.29, 0.717) is 36.4 Å². The number of aromatic nitrogens is 2. The van der Waals surface area contributed by atoms with E-state index in [2.05, 4.69) is 60.2 Å². The SMILES string of the molecule is Cc1cc(Nc2ncc(Cl)c(Nc3ccccc3S(=O)(=O)C(C)C)n2)c(OC(C)C)cc1C1CCN(C2CCN(CCCNc3ccc4c(c3)C(=O)N(NC(=O)CCCC=O)C4=O)CC2)CC1. The van der Waals surface area contributed by atoms with Crippen molar-refractivity contribution in [2.24, 2.45) is 0 Å². The highest BCUT2D eigenvalue weighted by molar-refractivity contribution is 7.92. The first-order chi connectivity index (χ1) is 32.1. The molecule has 0 unspecified atom stereocenters. The highest BCUT2D eigenvalue weighted by Crippen LogP contribution is 2.39. The van der Waals surface area contributed by atoms with Crippen LogP contribution in [-0.4, -0.2) is 114 Å². The lowest BCUT2D eigenvalue weighted by Crippen LogP contribution is -2.47. The lowest BCUT2D eigenvalue weighted by Gasteiger charge is -2.42. The molecule has 67 heavy (non-hydrogen) atoms. The van der Waals surface area contributed by atoms with Crippen LogP contribution in [0.5, 0.6) is 5.75 Å². The standard InChI is InChI=1S/C49H62ClN9O7S/c1-31(2)66-43-29-38(33(5)27-42(43)54-49-52-30-40(50)46(55-49)53-41-11-6-7-12-44(41)67(64,65)32(3)4)34-16-24-58(25-17-34)36-18-22-57(23-19-36)21-10-20-51-35-14-15-37-39(28-35)48(63)59(47(37)62)56-45(61)13-8-9-26-60/h6-7,11-12,14-15,26-32,34,36,51H,8-10,13,16-25H2,1-5H3,(H,56,61)(H2,52,53,54,55). The van der Waals surface area contributed by atoms with Crippen molar-refractivity contribution in [1.82, 2.24) is 30.2 Å². The van der Waals surface area contributed by atoms with E-state index in [0.717, 1.165) is 93.1 Å². The quantitative estimate of drug-likeness (QED) is 0.0378. The number of benzene rings is 3. The Hall–Kier alpha value is -5.62. The summed E-state index contributed by atoms with van der Waals surface area (Å²) in [6, 6.07) is 16.6. The summed E-state index contributed by atoms with van der Waals surface area (Å²) in [7, 11) is -3.58. The summed E-state index contributed by atoms with van der Waals surface area (Å²) < 4.78 is 32.6. The molecule has 2 fully saturated rings. The van der Waals surface area contributed by atoms with Crippen molar-refractivity contribution in [3.63, 3.8) is 0 Å². The molecule has 4 N–H and O–H groups in total. The Morgan fingerprint density at radius 2 is 1.64 bits per heavy atom. The number of unbranched alkanes of at least 4 members (excludes halogenated alkanes) is 1. The minimum atomic E-state index is -3.58. The molecule has 1 aromatic heterocycles. The number of likely N-dealkylation sites (tertiary alicyclic amines) is 2. The molecule has 18 heteroatoms. The molecule has 2 saturated heterocycles. The van der Waals surface area contributed by atoms with Crippen molar-refractivity contribution < 1.29 is 32.3 Å². The summed E-state index contributed by atoms with van der Waals surface area (Å²) in [5.41, 5.74) is 7.15. The molecule has 4 aromatic rings. The van der Waals surface area contributed by atoms with Crippen LogP contribution >= 0.6 is 11.6 Å². The molecule has 3 aliphatic rings. The number of rotatable bonds is 20. The van der Waals surface area contributed by atoms with Gasteiger partial charge in [0, 0.05) is 31.1 Å². The third-order valence-electron chi connectivity index (χ3n) is 12.7. The Balaban J connectivity index is 0.883. The number of aryl methyl sites for hydroxylation is 1. The van der Waals surface area contributed by atoms with Gasteiger partial charge >= 0.3 is 0 Å². The van der Waals surface area contributed by atoms with Crippen LogP contribution in [0.25, 0.3) is 0 Å². The number of aldehydes is 1. The fraction of sp³-hybridized carbons (Fsp3) is 0.469. The summed E-state index contributed by atoms with van der Waals surface area (Å²) >= 11 is 6.53. The second-order valence-electron chi connectivity index (χ2n) is 18.1. The number of nitrogens with one attached hydrogen (secondary N) is 4. The van der Waals surface area contributed by atoms with E-state index in [1.54, 1.807) is 56.3 Å². The number of halogens is 1. The van der Waals surface area contributed by atoms with Gasteiger partial charge in [0.15, 0.2) is 15.7 Å². The lowest BCUT2D eigenvalue weighted by molar-refractivity contribution is -0.124. The fourth-order valence-electron chi connectivity index (χ4n) is 9.03. The van der Waals surface area contributed by atoms with Gasteiger partial charge in [-0.05, 0) is 165 Å². The van der Waals surface area contributed by atoms with Crippen LogP contribution in [0.4, 0.5) is 28.8 Å². The van der Waals surface area contributed by atoms with Gasteiger partial charge in [-0.1, -0.05) is 23.7 Å². The van der Waals surface area contributed by atoms with Crippen molar-refractivity contribution in [2.45, 2.75) is 114 Å². The highest BCUT2D eigenvalue weighted by atomic mass is 35.5. The molecular weight excluding hydrogens is 894 g/mol. The Morgan fingerprint density at radius 3 is 2.36 bits per heavy atom. The number of hydrazine groups is 1. The van der Waals surface area contributed by atoms with Gasteiger partial charge in [0.1, 0.15) is 17.1 Å². The number of sulfone groups is 1. The average Bonchev–Trinajstić information content (AvgIpc) is 3.54. The number of hydrogen-bond acceptors (Lipinski definition) is 14. The molecule has 0 bridgehead atoms. The molecule has 0 spiro atoms. The van der Waals surface area contributed by atoms with Gasteiger partial charge in [0.05, 0.1) is 44.9 Å². The summed E-state index contributed by atoms with van der Waals surface area (Å²) in [5.74, 6) is 0.0370. The predicted molar refractivity (Wildman–Crippen MR) is 260 cm³/mol. The number of imide groups is 1. The Kier molecular flexibility index (Phi) is 16.2. The van der Waals surface area contributed by atoms with Crippen molar-refractivity contribution in [3.8, 4) is 5.75 Å². The molecule has 0 saturated carbocycles. The predicted octanol–water partition coefficient (Wildman–Crippen LogP) is 8.04. The normalized spacial score (nSPS) is 16.4. The highest BCUT2D eigenvalue weighted by Gasteiger charge is 2.37. The maximum absolute atomic E-state index is 13.1. The first kappa shape index (κ1) is 49.3. The van der Waals surface area contributed by atoms with Crippen molar-refractivity contribution >= 4 is 74.3 Å². The van der Waals surface area contributed by atoms with E-state index >= 15 is 0 Å². The number of piperidine rings is 2. The summed E-state index contributed by atoms with van der Waals surface area (Å²) in [5, 5.41) is 10.3. The lowest BCUT2D eigenvalue weighted by atomic mass is 9.85. The van der Waals surface area contributed by atoms with Crippen LogP contribution < -0.4 is 26.1 Å². The Labute approximate surface area is 398 Å². The third-order valence-corrected chi connectivity index (χ3v) is 15.1. The fourth-order valence-corrected chi connectivity index (χ4v) is 10.4. The van der Waals surface area contributed by atoms with Gasteiger partial charge in [0.25, 0.3) is 11.8 Å². The number of amides is 3. The number of para-hydroxylation sites is 1. The number of fused-ring (bicyclic) bond motifs is 1. The van der Waals surface area contributed by atoms with Gasteiger partial charge in [0.2, 0.25) is 11.9 Å². The Morgan fingerprint density at radius 1 is 0.910 bits per heavy atom. The van der Waals surface area contributed by atoms with Gasteiger partial charge < -0.3 is 35.3 Å². The van der Waals surface area contributed by atoms with Crippen LogP contribution in [0.1, 0.15) is 117 Å². The maximum atomic E-state index is 13.1. The van der Waals surface area contributed by atoms with Crippen LogP contribution in [-0.2, 0) is 19.4 Å².